The van der Waals surface area contributed by atoms with Crippen LogP contribution in [0.5, 0.6) is 0 Å². The van der Waals surface area contributed by atoms with Crippen LogP contribution in [0.1, 0.15) is 37.0 Å². The molecule has 0 spiro atoms. The third kappa shape index (κ3) is 6.89. The van der Waals surface area contributed by atoms with E-state index < -0.39 is 6.04 Å². The van der Waals surface area contributed by atoms with Gasteiger partial charge in [-0.05, 0) is 48.7 Å². The Morgan fingerprint density at radius 2 is 1.68 bits per heavy atom. The molecule has 2 atom stereocenters. The van der Waals surface area contributed by atoms with Gasteiger partial charge in [-0.25, -0.2) is 0 Å². The predicted molar refractivity (Wildman–Crippen MR) is 115 cm³/mol. The summed E-state index contributed by atoms with van der Waals surface area (Å²) >= 11 is 5.87. The average Bonchev–Trinajstić information content (AvgIpc) is 2.72. The van der Waals surface area contributed by atoms with E-state index in [2.05, 4.69) is 16.0 Å². The lowest BCUT2D eigenvalue weighted by atomic mass is 9.97. The Labute approximate surface area is 171 Å². The van der Waals surface area contributed by atoms with E-state index in [1.165, 1.54) is 0 Å². The molecule has 28 heavy (non-hydrogen) atoms. The van der Waals surface area contributed by atoms with Crippen molar-refractivity contribution in [2.75, 3.05) is 18.4 Å². The fraction of sp³-hybridized carbons (Fsp3) is 0.364. The fourth-order valence-electron chi connectivity index (χ4n) is 2.73. The summed E-state index contributed by atoms with van der Waals surface area (Å²) in [6.07, 6.45) is 1.58. The first-order valence-corrected chi connectivity index (χ1v) is 10.0. The number of benzene rings is 2. The molecule has 5 nitrogen and oxygen atoms in total. The molecule has 150 valence electrons. The van der Waals surface area contributed by atoms with Crippen LogP contribution >= 0.6 is 11.6 Å². The summed E-state index contributed by atoms with van der Waals surface area (Å²) in [5, 5.41) is 9.67. The average molecular weight is 402 g/mol. The van der Waals surface area contributed by atoms with Crippen LogP contribution in [0.2, 0.25) is 5.02 Å². The quantitative estimate of drug-likeness (QED) is 0.525. The number of anilines is 1. The van der Waals surface area contributed by atoms with Crippen molar-refractivity contribution in [3.63, 3.8) is 0 Å². The van der Waals surface area contributed by atoms with Crippen molar-refractivity contribution in [3.8, 4) is 0 Å². The molecule has 2 rings (SSSR count). The Morgan fingerprint density at radius 3 is 2.32 bits per heavy atom. The lowest BCUT2D eigenvalue weighted by Crippen LogP contribution is -2.50. The van der Waals surface area contributed by atoms with Gasteiger partial charge in [0.25, 0.3) is 5.91 Å². The molecule has 0 aliphatic heterocycles. The van der Waals surface area contributed by atoms with Crippen LogP contribution < -0.4 is 16.0 Å². The molecule has 6 heteroatoms. The van der Waals surface area contributed by atoms with Crippen LogP contribution in [0.3, 0.4) is 0 Å². The maximum atomic E-state index is 12.6. The molecule has 0 aliphatic carbocycles. The van der Waals surface area contributed by atoms with E-state index in [-0.39, 0.29) is 17.7 Å². The highest BCUT2D eigenvalue weighted by molar-refractivity contribution is 6.30. The minimum atomic E-state index is -0.574. The van der Waals surface area contributed by atoms with E-state index in [4.69, 9.17) is 11.6 Å². The number of amides is 2. The van der Waals surface area contributed by atoms with Gasteiger partial charge in [0.1, 0.15) is 6.04 Å². The molecule has 0 aromatic heterocycles. The van der Waals surface area contributed by atoms with Crippen molar-refractivity contribution in [1.82, 2.24) is 10.6 Å². The molecular formula is C22H28ClN3O2. The first-order chi connectivity index (χ1) is 13.5. The molecule has 2 amide bonds. The van der Waals surface area contributed by atoms with E-state index in [0.717, 1.165) is 25.1 Å². The normalized spacial score (nSPS) is 12.7. The molecule has 3 N–H and O–H groups in total. The van der Waals surface area contributed by atoms with Crippen molar-refractivity contribution >= 4 is 29.1 Å². The van der Waals surface area contributed by atoms with Crippen LogP contribution in [0.4, 0.5) is 5.69 Å². The molecular weight excluding hydrogens is 374 g/mol. The number of carbonyl (C=O) groups excluding carboxylic acids is 2. The van der Waals surface area contributed by atoms with E-state index in [9.17, 15) is 9.59 Å². The number of nitrogens with one attached hydrogen (secondary N) is 3. The number of hydrogen-bond donors (Lipinski definition) is 3. The molecule has 0 aliphatic rings. The summed E-state index contributed by atoms with van der Waals surface area (Å²) < 4.78 is 0. The van der Waals surface area contributed by atoms with Crippen LogP contribution in [0.15, 0.2) is 54.6 Å². The first-order valence-electron chi connectivity index (χ1n) is 9.64. The Bertz CT molecular complexity index is 750. The topological polar surface area (TPSA) is 70.2 Å². The highest BCUT2D eigenvalue weighted by Crippen LogP contribution is 2.12. The van der Waals surface area contributed by atoms with Gasteiger partial charge in [-0.3, -0.25) is 9.59 Å². The van der Waals surface area contributed by atoms with E-state index in [1.54, 1.807) is 24.3 Å². The number of rotatable bonds is 10. The Hall–Kier alpha value is -2.53. The maximum Gasteiger partial charge on any atom is 0.251 e. The molecule has 2 aromatic carbocycles. The first kappa shape index (κ1) is 21.8. The van der Waals surface area contributed by atoms with Crippen molar-refractivity contribution in [2.24, 2.45) is 5.92 Å². The Kier molecular flexibility index (Phi) is 8.82. The van der Waals surface area contributed by atoms with Gasteiger partial charge in [0.15, 0.2) is 0 Å². The molecule has 0 heterocycles. The lowest BCUT2D eigenvalue weighted by Gasteiger charge is -2.23. The summed E-state index contributed by atoms with van der Waals surface area (Å²) in [5.41, 5.74) is 1.54. The van der Waals surface area contributed by atoms with Crippen LogP contribution in [0, 0.1) is 5.92 Å². The molecule has 0 saturated heterocycles. The lowest BCUT2D eigenvalue weighted by molar-refractivity contribution is -0.124. The fourth-order valence-corrected chi connectivity index (χ4v) is 2.85. The van der Waals surface area contributed by atoms with Crippen molar-refractivity contribution in [1.29, 1.82) is 0 Å². The molecule has 0 fully saturated rings. The van der Waals surface area contributed by atoms with Gasteiger partial charge in [0, 0.05) is 29.4 Å². The van der Waals surface area contributed by atoms with Gasteiger partial charge >= 0.3 is 0 Å². The molecule has 0 saturated carbocycles. The molecule has 2 aromatic rings. The van der Waals surface area contributed by atoms with Gasteiger partial charge in [0.2, 0.25) is 5.91 Å². The number of hydrogen-bond acceptors (Lipinski definition) is 3. The standard InChI is InChI=1S/C22H28ClN3O2/c1-3-16(2)20(26-21(27)17-10-12-18(23)13-11-17)22(28)25-15-7-14-24-19-8-5-4-6-9-19/h4-6,8-13,16,20,24H,3,7,14-15H2,1-2H3,(H,25,28)(H,26,27). The Morgan fingerprint density at radius 1 is 1.00 bits per heavy atom. The van der Waals surface area contributed by atoms with Gasteiger partial charge in [0.05, 0.1) is 0 Å². The second-order valence-electron chi connectivity index (χ2n) is 6.78. The number of halogens is 1. The highest BCUT2D eigenvalue weighted by atomic mass is 35.5. The summed E-state index contributed by atoms with van der Waals surface area (Å²) in [6.45, 7) is 5.27. The summed E-state index contributed by atoms with van der Waals surface area (Å²) in [4.78, 5) is 25.1. The third-order valence-corrected chi connectivity index (χ3v) is 4.90. The second kappa shape index (κ2) is 11.3. The zero-order valence-electron chi connectivity index (χ0n) is 16.4. The largest absolute Gasteiger partial charge is 0.385 e. The van der Waals surface area contributed by atoms with Crippen molar-refractivity contribution < 1.29 is 9.59 Å². The van der Waals surface area contributed by atoms with Crippen molar-refractivity contribution in [2.45, 2.75) is 32.7 Å². The molecule has 0 radical (unpaired) electrons. The second-order valence-corrected chi connectivity index (χ2v) is 7.22. The van der Waals surface area contributed by atoms with Gasteiger partial charge in [-0.1, -0.05) is 50.1 Å². The minimum absolute atomic E-state index is 0.0266. The predicted octanol–water partition coefficient (Wildman–Crippen LogP) is 4.10. The Balaban J connectivity index is 1.83. The minimum Gasteiger partial charge on any atom is -0.385 e. The number of carbonyl (C=O) groups is 2. The van der Waals surface area contributed by atoms with Crippen LogP contribution in [0.25, 0.3) is 0 Å². The SMILES string of the molecule is CCC(C)C(NC(=O)c1ccc(Cl)cc1)C(=O)NCCCNc1ccccc1. The summed E-state index contributed by atoms with van der Waals surface area (Å²) in [5.74, 6) is -0.405. The zero-order chi connectivity index (χ0) is 20.4. The zero-order valence-corrected chi connectivity index (χ0v) is 17.1. The number of para-hydroxylation sites is 1. The van der Waals surface area contributed by atoms with E-state index in [0.29, 0.717) is 17.1 Å². The van der Waals surface area contributed by atoms with Crippen molar-refractivity contribution in [3.05, 3.63) is 65.2 Å². The highest BCUT2D eigenvalue weighted by Gasteiger charge is 2.26. The van der Waals surface area contributed by atoms with Gasteiger partial charge in [-0.15, -0.1) is 0 Å². The molecule has 2 unspecified atom stereocenters. The van der Waals surface area contributed by atoms with Gasteiger partial charge < -0.3 is 16.0 Å². The third-order valence-electron chi connectivity index (χ3n) is 4.64. The smallest absolute Gasteiger partial charge is 0.251 e. The van der Waals surface area contributed by atoms with E-state index >= 15 is 0 Å². The summed E-state index contributed by atoms with van der Waals surface area (Å²) in [6, 6.07) is 16.0. The van der Waals surface area contributed by atoms with Crippen LogP contribution in [-0.2, 0) is 4.79 Å². The van der Waals surface area contributed by atoms with Crippen LogP contribution in [-0.4, -0.2) is 30.9 Å². The molecule has 0 bridgehead atoms. The van der Waals surface area contributed by atoms with E-state index in [1.807, 2.05) is 44.2 Å². The summed E-state index contributed by atoms with van der Waals surface area (Å²) in [7, 11) is 0. The van der Waals surface area contributed by atoms with Gasteiger partial charge in [-0.2, -0.15) is 0 Å². The maximum absolute atomic E-state index is 12.6. The monoisotopic (exact) mass is 401 g/mol.